The molecule has 4 aromatic heterocycles. The van der Waals surface area contributed by atoms with E-state index in [1.54, 1.807) is 17.2 Å². The Balaban J connectivity index is 1.54. The summed E-state index contributed by atoms with van der Waals surface area (Å²) in [5, 5.41) is 18.2. The van der Waals surface area contributed by atoms with Crippen molar-refractivity contribution in [3.8, 4) is 0 Å². The van der Waals surface area contributed by atoms with E-state index < -0.39 is 0 Å². The molecule has 144 valence electrons. The average molecular weight is 378 g/mol. The Kier molecular flexibility index (Phi) is 3.78. The summed E-state index contributed by atoms with van der Waals surface area (Å²) in [7, 11) is 1.87. The fraction of sp³-hybridized carbons (Fsp3) is 0.389. The Morgan fingerprint density at radius 1 is 1.21 bits per heavy atom. The monoisotopic (exact) mass is 378 g/mol. The van der Waals surface area contributed by atoms with E-state index in [2.05, 4.69) is 54.7 Å². The summed E-state index contributed by atoms with van der Waals surface area (Å²) in [4.78, 5) is 13.9. The Morgan fingerprint density at radius 3 is 2.79 bits per heavy atom. The van der Waals surface area contributed by atoms with Crippen molar-refractivity contribution in [2.24, 2.45) is 7.05 Å². The molecule has 1 aliphatic rings. The van der Waals surface area contributed by atoms with Gasteiger partial charge in [0.2, 0.25) is 5.95 Å². The van der Waals surface area contributed by atoms with Crippen LogP contribution in [0.15, 0.2) is 24.8 Å². The van der Waals surface area contributed by atoms with Crippen LogP contribution in [0.5, 0.6) is 0 Å². The quantitative estimate of drug-likeness (QED) is 0.472. The van der Waals surface area contributed by atoms with Crippen LogP contribution in [0.3, 0.4) is 0 Å². The van der Waals surface area contributed by atoms with Gasteiger partial charge in [0.05, 0.1) is 18.2 Å². The summed E-state index contributed by atoms with van der Waals surface area (Å²) >= 11 is 0. The minimum Gasteiger partial charge on any atom is -0.321 e. The first-order valence-electron chi connectivity index (χ1n) is 9.39. The van der Waals surface area contributed by atoms with Gasteiger partial charge in [0.1, 0.15) is 0 Å². The largest absolute Gasteiger partial charge is 0.321 e. The molecule has 1 aliphatic carbocycles. The van der Waals surface area contributed by atoms with Crippen LogP contribution in [0, 0.1) is 0 Å². The van der Waals surface area contributed by atoms with E-state index >= 15 is 0 Å². The number of anilines is 4. The molecule has 10 heteroatoms. The molecule has 4 aromatic rings. The molecule has 0 aromatic carbocycles. The maximum absolute atomic E-state index is 4.68. The molecule has 1 fully saturated rings. The third-order valence-electron chi connectivity index (χ3n) is 4.80. The second kappa shape index (κ2) is 6.32. The molecule has 4 heterocycles. The number of nitrogens with zero attached hydrogens (tertiary/aromatic N) is 7. The van der Waals surface area contributed by atoms with Crippen LogP contribution < -0.4 is 10.6 Å². The van der Waals surface area contributed by atoms with Crippen LogP contribution in [0.25, 0.3) is 11.2 Å². The van der Waals surface area contributed by atoms with Crippen molar-refractivity contribution in [2.45, 2.75) is 38.6 Å². The van der Waals surface area contributed by atoms with E-state index in [0.29, 0.717) is 23.2 Å². The Morgan fingerprint density at radius 2 is 2.07 bits per heavy atom. The van der Waals surface area contributed by atoms with Gasteiger partial charge in [0, 0.05) is 37.0 Å². The van der Waals surface area contributed by atoms with Crippen LogP contribution in [-0.2, 0) is 7.05 Å². The molecular weight excluding hydrogens is 356 g/mol. The zero-order valence-electron chi connectivity index (χ0n) is 16.0. The lowest BCUT2D eigenvalue weighted by Crippen LogP contribution is -2.05. The molecule has 0 spiro atoms. The fourth-order valence-electron chi connectivity index (χ4n) is 3.18. The maximum Gasteiger partial charge on any atom is 0.231 e. The molecule has 0 bridgehead atoms. The number of hydrogen-bond acceptors (Lipinski definition) is 7. The van der Waals surface area contributed by atoms with Gasteiger partial charge >= 0.3 is 0 Å². The van der Waals surface area contributed by atoms with Crippen molar-refractivity contribution >= 4 is 34.4 Å². The predicted molar refractivity (Wildman–Crippen MR) is 106 cm³/mol. The minimum atomic E-state index is 0.228. The molecule has 1 saturated carbocycles. The fourth-order valence-corrected chi connectivity index (χ4v) is 3.18. The molecule has 3 N–H and O–H groups in total. The van der Waals surface area contributed by atoms with Crippen molar-refractivity contribution < 1.29 is 0 Å². The molecule has 5 rings (SSSR count). The molecule has 28 heavy (non-hydrogen) atoms. The zero-order valence-corrected chi connectivity index (χ0v) is 16.0. The number of aryl methyl sites for hydroxylation is 1. The number of aromatic amines is 1. The van der Waals surface area contributed by atoms with Crippen LogP contribution in [0.2, 0.25) is 0 Å². The van der Waals surface area contributed by atoms with Crippen molar-refractivity contribution in [1.29, 1.82) is 0 Å². The van der Waals surface area contributed by atoms with Gasteiger partial charge in [0.25, 0.3) is 0 Å². The van der Waals surface area contributed by atoms with Gasteiger partial charge in [-0.2, -0.15) is 20.2 Å². The highest BCUT2D eigenvalue weighted by Crippen LogP contribution is 2.39. The highest BCUT2D eigenvalue weighted by Gasteiger charge is 2.26. The van der Waals surface area contributed by atoms with E-state index in [4.69, 9.17) is 0 Å². The summed E-state index contributed by atoms with van der Waals surface area (Å²) in [6, 6.07) is 2.27. The Bertz CT molecular complexity index is 1130. The predicted octanol–water partition coefficient (Wildman–Crippen LogP) is 3.23. The van der Waals surface area contributed by atoms with Gasteiger partial charge in [-0.25, -0.2) is 4.98 Å². The van der Waals surface area contributed by atoms with E-state index in [9.17, 15) is 0 Å². The number of rotatable bonds is 6. The molecule has 10 nitrogen and oxygen atoms in total. The van der Waals surface area contributed by atoms with Gasteiger partial charge < -0.3 is 15.2 Å². The van der Waals surface area contributed by atoms with Crippen molar-refractivity contribution in [3.63, 3.8) is 0 Å². The summed E-state index contributed by atoms with van der Waals surface area (Å²) in [5.41, 5.74) is 3.45. The summed E-state index contributed by atoms with van der Waals surface area (Å²) in [6.45, 7) is 4.19. The first kappa shape index (κ1) is 16.7. The van der Waals surface area contributed by atoms with Crippen LogP contribution >= 0.6 is 0 Å². The van der Waals surface area contributed by atoms with Crippen LogP contribution in [0.1, 0.15) is 44.3 Å². The van der Waals surface area contributed by atoms with Crippen molar-refractivity contribution in [1.82, 2.24) is 39.5 Å². The smallest absolute Gasteiger partial charge is 0.231 e. The topological polar surface area (TPSA) is 114 Å². The second-order valence-electron chi connectivity index (χ2n) is 7.45. The standard InChI is InChI=1S/C18H22N10/c1-10(2)28-9-19-15-16(22-14-6-13(25-26-14)11-4-5-11)23-18(24-17(15)28)21-12-7-20-27(3)8-12/h6-11H,4-5H2,1-3H3,(H3,21,22,23,24,25,26). The number of H-pyrrole nitrogens is 1. The van der Waals surface area contributed by atoms with E-state index in [-0.39, 0.29) is 6.04 Å². The SMILES string of the molecule is CC(C)n1cnc2c(Nc3cc(C4CC4)[nH]n3)nc(Nc3cnn(C)c3)nc21. The Hall–Kier alpha value is -3.43. The third-order valence-corrected chi connectivity index (χ3v) is 4.80. The lowest BCUT2D eigenvalue weighted by molar-refractivity contribution is 0.613. The third kappa shape index (κ3) is 3.06. The normalized spacial score (nSPS) is 14.1. The van der Waals surface area contributed by atoms with Crippen molar-refractivity contribution in [2.75, 3.05) is 10.6 Å². The number of fused-ring (bicyclic) bond motifs is 1. The summed E-state index contributed by atoms with van der Waals surface area (Å²) < 4.78 is 3.75. The van der Waals surface area contributed by atoms with E-state index in [0.717, 1.165) is 22.8 Å². The first-order chi connectivity index (χ1) is 13.6. The highest BCUT2D eigenvalue weighted by molar-refractivity contribution is 5.86. The lowest BCUT2D eigenvalue weighted by Gasteiger charge is -2.10. The zero-order chi connectivity index (χ0) is 19.3. The Labute approximate surface area is 161 Å². The number of aromatic nitrogens is 8. The summed E-state index contributed by atoms with van der Waals surface area (Å²) in [6.07, 6.45) is 7.84. The number of hydrogen-bond donors (Lipinski definition) is 3. The molecule has 0 aliphatic heterocycles. The van der Waals surface area contributed by atoms with Crippen LogP contribution in [-0.4, -0.2) is 39.5 Å². The van der Waals surface area contributed by atoms with Gasteiger partial charge in [0.15, 0.2) is 22.8 Å². The molecule has 0 unspecified atom stereocenters. The second-order valence-corrected chi connectivity index (χ2v) is 7.45. The van der Waals surface area contributed by atoms with E-state index in [1.165, 1.54) is 12.8 Å². The molecule has 0 radical (unpaired) electrons. The lowest BCUT2D eigenvalue weighted by atomic mass is 10.3. The van der Waals surface area contributed by atoms with Crippen LogP contribution in [0.4, 0.5) is 23.3 Å². The van der Waals surface area contributed by atoms with Gasteiger partial charge in [-0.05, 0) is 26.7 Å². The molecular formula is C18H22N10. The van der Waals surface area contributed by atoms with Gasteiger partial charge in [-0.15, -0.1) is 0 Å². The number of nitrogens with one attached hydrogen (secondary N) is 3. The number of imidazole rings is 1. The van der Waals surface area contributed by atoms with E-state index in [1.807, 2.05) is 23.9 Å². The van der Waals surface area contributed by atoms with Gasteiger partial charge in [-0.3, -0.25) is 9.78 Å². The maximum atomic E-state index is 4.68. The van der Waals surface area contributed by atoms with Crippen molar-refractivity contribution in [3.05, 3.63) is 30.5 Å². The molecule has 0 saturated heterocycles. The minimum absolute atomic E-state index is 0.228. The first-order valence-corrected chi connectivity index (χ1v) is 9.39. The highest BCUT2D eigenvalue weighted by atomic mass is 15.3. The average Bonchev–Trinajstić information content (AvgIpc) is 3.05. The molecule has 0 amide bonds. The summed E-state index contributed by atoms with van der Waals surface area (Å²) in [5.74, 6) is 2.43. The molecule has 0 atom stereocenters. The van der Waals surface area contributed by atoms with Gasteiger partial charge in [-0.1, -0.05) is 0 Å².